The Balaban J connectivity index is 1.49. The molecule has 2 aromatic heterocycles. The molecule has 4 rings (SSSR count). The Morgan fingerprint density at radius 2 is 1.74 bits per heavy atom. The van der Waals surface area contributed by atoms with E-state index in [4.69, 9.17) is 4.74 Å². The van der Waals surface area contributed by atoms with Crippen molar-refractivity contribution in [2.75, 3.05) is 0 Å². The van der Waals surface area contributed by atoms with Crippen molar-refractivity contribution >= 4 is 5.78 Å². The lowest BCUT2D eigenvalue weighted by Gasteiger charge is -2.11. The quantitative estimate of drug-likeness (QED) is 0.299. The summed E-state index contributed by atoms with van der Waals surface area (Å²) < 4.78 is 44.7. The van der Waals surface area contributed by atoms with Gasteiger partial charge in [0.05, 0.1) is 16.8 Å². The second-order valence-corrected chi connectivity index (χ2v) is 7.49. The molecule has 0 bridgehead atoms. The highest BCUT2D eigenvalue weighted by molar-refractivity contribution is 5.97. The van der Waals surface area contributed by atoms with E-state index in [-0.39, 0.29) is 12.2 Å². The highest BCUT2D eigenvalue weighted by atomic mass is 19.4. The number of aryl methyl sites for hydroxylation is 1. The van der Waals surface area contributed by atoms with Crippen molar-refractivity contribution in [2.45, 2.75) is 25.9 Å². The third-order valence-corrected chi connectivity index (χ3v) is 5.08. The summed E-state index contributed by atoms with van der Waals surface area (Å²) >= 11 is 0. The van der Waals surface area contributed by atoms with Crippen LogP contribution in [0.5, 0.6) is 11.6 Å². The molecule has 0 fully saturated rings. The molecule has 8 heteroatoms. The Bertz CT molecular complexity index is 1310. The number of pyridine rings is 1. The van der Waals surface area contributed by atoms with E-state index < -0.39 is 11.7 Å². The van der Waals surface area contributed by atoms with Gasteiger partial charge in [-0.1, -0.05) is 25.1 Å². The van der Waals surface area contributed by atoms with Crippen LogP contribution in [-0.2, 0) is 19.0 Å². The number of carbonyl (C=O) groups is 1. The molecular weight excluding hydrogens is 443 g/mol. The maximum absolute atomic E-state index is 12.9. The summed E-state index contributed by atoms with van der Waals surface area (Å²) in [5, 5.41) is 0. The van der Waals surface area contributed by atoms with E-state index in [0.717, 1.165) is 12.1 Å². The largest absolute Gasteiger partial charge is 0.438 e. The van der Waals surface area contributed by atoms with Crippen LogP contribution >= 0.6 is 0 Å². The number of benzene rings is 2. The van der Waals surface area contributed by atoms with Crippen LogP contribution in [-0.4, -0.2) is 20.7 Å². The molecule has 0 aliphatic carbocycles. The van der Waals surface area contributed by atoms with Gasteiger partial charge in [0.15, 0.2) is 5.78 Å². The van der Waals surface area contributed by atoms with Crippen molar-refractivity contribution in [1.82, 2.24) is 15.0 Å². The van der Waals surface area contributed by atoms with E-state index in [1.807, 2.05) is 13.0 Å². The summed E-state index contributed by atoms with van der Waals surface area (Å²) in [5.74, 6) is 1.22. The smallest absolute Gasteiger partial charge is 0.416 e. The summed E-state index contributed by atoms with van der Waals surface area (Å²) in [6.45, 7) is 1.97. The molecule has 34 heavy (non-hydrogen) atoms. The van der Waals surface area contributed by atoms with Gasteiger partial charge < -0.3 is 4.74 Å². The van der Waals surface area contributed by atoms with Gasteiger partial charge in [-0.3, -0.25) is 4.79 Å². The van der Waals surface area contributed by atoms with Crippen molar-refractivity contribution in [3.05, 3.63) is 102 Å². The van der Waals surface area contributed by atoms with Gasteiger partial charge in [-0.15, -0.1) is 0 Å². The zero-order valence-electron chi connectivity index (χ0n) is 18.2. The minimum Gasteiger partial charge on any atom is -0.438 e. The standard InChI is InChI=1S/C26H20F3N3O2/c1-2-24-30-14-12-22(32-24)21-7-4-13-31-25(21)34-20-10-8-18(9-11-20)23(33)16-17-5-3-6-19(15-17)26(27,28)29/h3-15H,2,16H2,1H3. The molecule has 0 amide bonds. The zero-order valence-corrected chi connectivity index (χ0v) is 18.2. The van der Waals surface area contributed by atoms with Gasteiger partial charge >= 0.3 is 6.18 Å². The van der Waals surface area contributed by atoms with Crippen LogP contribution in [0.3, 0.4) is 0 Å². The fourth-order valence-corrected chi connectivity index (χ4v) is 3.35. The summed E-state index contributed by atoms with van der Waals surface area (Å²) in [4.78, 5) is 25.6. The van der Waals surface area contributed by atoms with E-state index >= 15 is 0 Å². The van der Waals surface area contributed by atoms with Crippen molar-refractivity contribution in [3.8, 4) is 22.9 Å². The van der Waals surface area contributed by atoms with Crippen molar-refractivity contribution in [3.63, 3.8) is 0 Å². The molecule has 0 saturated heterocycles. The lowest BCUT2D eigenvalue weighted by atomic mass is 10.0. The van der Waals surface area contributed by atoms with Crippen LogP contribution in [0.1, 0.15) is 34.2 Å². The van der Waals surface area contributed by atoms with E-state index in [1.54, 1.807) is 48.8 Å². The summed E-state index contributed by atoms with van der Waals surface area (Å²) in [5.41, 5.74) is 1.28. The number of hydrogen-bond acceptors (Lipinski definition) is 5. The molecule has 0 spiro atoms. The molecular formula is C26H20F3N3O2. The molecule has 5 nitrogen and oxygen atoms in total. The average Bonchev–Trinajstić information content (AvgIpc) is 2.84. The molecule has 0 saturated carbocycles. The Kier molecular flexibility index (Phi) is 6.67. The van der Waals surface area contributed by atoms with Crippen LogP contribution in [0.4, 0.5) is 13.2 Å². The highest BCUT2D eigenvalue weighted by Gasteiger charge is 2.30. The number of ketones is 1. The number of ether oxygens (including phenoxy) is 1. The maximum Gasteiger partial charge on any atom is 0.416 e. The van der Waals surface area contributed by atoms with Gasteiger partial charge in [-0.25, -0.2) is 15.0 Å². The lowest BCUT2D eigenvalue weighted by Crippen LogP contribution is -2.08. The van der Waals surface area contributed by atoms with Crippen molar-refractivity contribution in [1.29, 1.82) is 0 Å². The molecule has 0 aliphatic heterocycles. The number of halogens is 3. The molecule has 4 aromatic rings. The first kappa shape index (κ1) is 23.1. The van der Waals surface area contributed by atoms with Gasteiger partial charge in [0, 0.05) is 30.8 Å². The van der Waals surface area contributed by atoms with E-state index in [2.05, 4.69) is 15.0 Å². The van der Waals surface area contributed by atoms with E-state index in [1.165, 1.54) is 12.1 Å². The topological polar surface area (TPSA) is 65.0 Å². The first-order valence-electron chi connectivity index (χ1n) is 10.6. The fourth-order valence-electron chi connectivity index (χ4n) is 3.35. The Labute approximate surface area is 194 Å². The highest BCUT2D eigenvalue weighted by Crippen LogP contribution is 2.31. The first-order chi connectivity index (χ1) is 16.3. The maximum atomic E-state index is 12.9. The lowest BCUT2D eigenvalue weighted by molar-refractivity contribution is -0.137. The number of alkyl halides is 3. The number of nitrogens with zero attached hydrogens (tertiary/aromatic N) is 3. The van der Waals surface area contributed by atoms with Crippen LogP contribution in [0, 0.1) is 0 Å². The molecule has 0 radical (unpaired) electrons. The monoisotopic (exact) mass is 463 g/mol. The van der Waals surface area contributed by atoms with Gasteiger partial charge in [0.1, 0.15) is 11.6 Å². The molecule has 0 aliphatic rings. The Morgan fingerprint density at radius 1 is 0.941 bits per heavy atom. The molecule has 2 aromatic carbocycles. The van der Waals surface area contributed by atoms with Crippen molar-refractivity contribution < 1.29 is 22.7 Å². The number of hydrogen-bond donors (Lipinski definition) is 0. The number of rotatable bonds is 7. The summed E-state index contributed by atoms with van der Waals surface area (Å²) in [6.07, 6.45) is -0.606. The SMILES string of the molecule is CCc1nccc(-c2cccnc2Oc2ccc(C(=O)Cc3cccc(C(F)(F)F)c3)cc2)n1. The van der Waals surface area contributed by atoms with E-state index in [9.17, 15) is 18.0 Å². The third-order valence-electron chi connectivity index (χ3n) is 5.08. The molecule has 0 unspecified atom stereocenters. The fraction of sp³-hybridized carbons (Fsp3) is 0.154. The second kappa shape index (κ2) is 9.82. The van der Waals surface area contributed by atoms with Crippen LogP contribution in [0.2, 0.25) is 0 Å². The third kappa shape index (κ3) is 5.46. The van der Waals surface area contributed by atoms with Gasteiger partial charge in [-0.05, 0) is 54.1 Å². The molecule has 0 N–H and O–H groups in total. The Hall–Kier alpha value is -4.07. The normalized spacial score (nSPS) is 11.3. The number of Topliss-reactive ketones (excluding diaryl/α,β-unsaturated/α-hetero) is 1. The molecule has 0 atom stereocenters. The molecule has 172 valence electrons. The van der Waals surface area contributed by atoms with E-state index in [0.29, 0.717) is 46.3 Å². The van der Waals surface area contributed by atoms with Crippen LogP contribution in [0.15, 0.2) is 79.1 Å². The predicted molar refractivity (Wildman–Crippen MR) is 121 cm³/mol. The second-order valence-electron chi connectivity index (χ2n) is 7.49. The number of aromatic nitrogens is 3. The number of carbonyl (C=O) groups excluding carboxylic acids is 1. The Morgan fingerprint density at radius 3 is 2.47 bits per heavy atom. The van der Waals surface area contributed by atoms with Gasteiger partial charge in [0.2, 0.25) is 5.88 Å². The molecule has 2 heterocycles. The minimum atomic E-state index is -4.45. The summed E-state index contributed by atoms with van der Waals surface area (Å²) in [7, 11) is 0. The van der Waals surface area contributed by atoms with Gasteiger partial charge in [0.25, 0.3) is 0 Å². The van der Waals surface area contributed by atoms with Crippen molar-refractivity contribution in [2.24, 2.45) is 0 Å². The van der Waals surface area contributed by atoms with Crippen LogP contribution < -0.4 is 4.74 Å². The first-order valence-corrected chi connectivity index (χ1v) is 10.6. The zero-order chi connectivity index (χ0) is 24.1. The minimum absolute atomic E-state index is 0.137. The summed E-state index contributed by atoms with van der Waals surface area (Å²) in [6, 6.07) is 16.6. The van der Waals surface area contributed by atoms with Crippen LogP contribution in [0.25, 0.3) is 11.3 Å². The predicted octanol–water partition coefficient (Wildman–Crippen LogP) is 6.34. The average molecular weight is 463 g/mol. The van der Waals surface area contributed by atoms with Gasteiger partial charge in [-0.2, -0.15) is 13.2 Å².